The Bertz CT molecular complexity index is 497. The molecule has 1 aromatic carbocycles. The Morgan fingerprint density at radius 2 is 2.06 bits per heavy atom. The highest BCUT2D eigenvalue weighted by Gasteiger charge is 2.11. The summed E-state index contributed by atoms with van der Waals surface area (Å²) in [5.41, 5.74) is 0.805. The summed E-state index contributed by atoms with van der Waals surface area (Å²) >= 11 is 0. The number of carbonyl (C=O) groups excluding carboxylic acids is 1. The van der Waals surface area contributed by atoms with Crippen molar-refractivity contribution in [3.05, 3.63) is 35.9 Å². The molecule has 6 heteroatoms. The Kier molecular flexibility index (Phi) is 4.31. The van der Waals surface area contributed by atoms with E-state index in [1.807, 2.05) is 0 Å². The van der Waals surface area contributed by atoms with Crippen molar-refractivity contribution in [1.82, 2.24) is 5.32 Å². The Morgan fingerprint density at radius 3 is 2.61 bits per heavy atom. The molecule has 96 valence electrons. The topological polar surface area (TPSA) is 98.7 Å². The van der Waals surface area contributed by atoms with Gasteiger partial charge in [-0.2, -0.15) is 0 Å². The van der Waals surface area contributed by atoms with Gasteiger partial charge in [-0.15, -0.1) is 0 Å². The van der Waals surface area contributed by atoms with E-state index in [0.29, 0.717) is 6.54 Å². The lowest BCUT2D eigenvalue weighted by Crippen LogP contribution is -2.29. The lowest BCUT2D eigenvalue weighted by Gasteiger charge is -2.08. The van der Waals surface area contributed by atoms with E-state index in [1.165, 1.54) is 18.2 Å². The number of phenols is 1. The first kappa shape index (κ1) is 13.6. The molecule has 1 rings (SSSR count). The van der Waals surface area contributed by atoms with Gasteiger partial charge in [0.05, 0.1) is 0 Å². The minimum atomic E-state index is -1.27. The summed E-state index contributed by atoms with van der Waals surface area (Å²) in [7, 11) is 0. The van der Waals surface area contributed by atoms with Gasteiger partial charge in [0.25, 0.3) is 0 Å². The van der Waals surface area contributed by atoms with Gasteiger partial charge >= 0.3 is 12.0 Å². The summed E-state index contributed by atoms with van der Waals surface area (Å²) < 4.78 is 0. The number of carboxylic acid groups (broad SMARTS) is 1. The van der Waals surface area contributed by atoms with Crippen molar-refractivity contribution in [2.24, 2.45) is 0 Å². The van der Waals surface area contributed by atoms with E-state index in [2.05, 4.69) is 17.2 Å². The van der Waals surface area contributed by atoms with Crippen molar-refractivity contribution in [2.45, 2.75) is 6.92 Å². The van der Waals surface area contributed by atoms with Crippen LogP contribution in [0.4, 0.5) is 10.5 Å². The van der Waals surface area contributed by atoms with E-state index >= 15 is 0 Å². The highest BCUT2D eigenvalue weighted by atomic mass is 16.4. The fraction of sp³-hybridized carbons (Fsp3) is 0.167. The van der Waals surface area contributed by atoms with E-state index in [1.54, 1.807) is 6.92 Å². The van der Waals surface area contributed by atoms with Crippen molar-refractivity contribution >= 4 is 17.7 Å². The van der Waals surface area contributed by atoms with Crippen LogP contribution in [0, 0.1) is 0 Å². The van der Waals surface area contributed by atoms with E-state index in [0.717, 1.165) is 5.57 Å². The Hall–Kier alpha value is -2.50. The van der Waals surface area contributed by atoms with Gasteiger partial charge in [-0.1, -0.05) is 12.2 Å². The Balaban J connectivity index is 2.73. The highest BCUT2D eigenvalue weighted by molar-refractivity contribution is 5.95. The molecule has 0 saturated carbocycles. The van der Waals surface area contributed by atoms with E-state index < -0.39 is 12.0 Å². The van der Waals surface area contributed by atoms with Crippen molar-refractivity contribution in [1.29, 1.82) is 0 Å². The maximum absolute atomic E-state index is 11.4. The first-order valence-electron chi connectivity index (χ1n) is 5.15. The lowest BCUT2D eigenvalue weighted by molar-refractivity contribution is 0.0693. The molecule has 1 aromatic rings. The van der Waals surface area contributed by atoms with Crippen LogP contribution in [0.25, 0.3) is 0 Å². The monoisotopic (exact) mass is 250 g/mol. The van der Waals surface area contributed by atoms with Gasteiger partial charge in [-0.25, -0.2) is 9.59 Å². The van der Waals surface area contributed by atoms with Gasteiger partial charge < -0.3 is 20.8 Å². The number of rotatable bonds is 4. The molecule has 0 bridgehead atoms. The van der Waals surface area contributed by atoms with Crippen LogP contribution in [0.15, 0.2) is 30.4 Å². The fourth-order valence-electron chi connectivity index (χ4n) is 1.19. The zero-order valence-electron chi connectivity index (χ0n) is 9.86. The molecule has 0 spiro atoms. The number of amides is 2. The normalized spacial score (nSPS) is 9.61. The molecule has 0 radical (unpaired) electrons. The Labute approximate surface area is 104 Å². The summed E-state index contributed by atoms with van der Waals surface area (Å²) in [5.74, 6) is -1.62. The van der Waals surface area contributed by atoms with Crippen molar-refractivity contribution in [2.75, 3.05) is 11.9 Å². The molecular weight excluding hydrogens is 236 g/mol. The zero-order valence-corrected chi connectivity index (χ0v) is 9.86. The van der Waals surface area contributed by atoms with Gasteiger partial charge in [-0.05, 0) is 25.1 Å². The molecule has 18 heavy (non-hydrogen) atoms. The van der Waals surface area contributed by atoms with Crippen LogP contribution in [0.1, 0.15) is 17.3 Å². The molecular formula is C12H14N2O4. The van der Waals surface area contributed by atoms with Crippen LogP contribution in [-0.2, 0) is 0 Å². The maximum atomic E-state index is 11.4. The minimum absolute atomic E-state index is 0.271. The van der Waals surface area contributed by atoms with Gasteiger partial charge in [0, 0.05) is 12.2 Å². The van der Waals surface area contributed by atoms with Crippen LogP contribution in [0.3, 0.4) is 0 Å². The van der Waals surface area contributed by atoms with Gasteiger partial charge in [0.2, 0.25) is 0 Å². The summed E-state index contributed by atoms with van der Waals surface area (Å²) in [6, 6.07) is 3.32. The second kappa shape index (κ2) is 5.72. The molecule has 0 saturated heterocycles. The van der Waals surface area contributed by atoms with Gasteiger partial charge in [0.15, 0.2) is 0 Å². The van der Waals surface area contributed by atoms with Crippen LogP contribution >= 0.6 is 0 Å². The van der Waals surface area contributed by atoms with Gasteiger partial charge in [-0.3, -0.25) is 0 Å². The number of aromatic hydroxyl groups is 1. The third kappa shape index (κ3) is 3.82. The molecule has 0 unspecified atom stereocenters. The van der Waals surface area contributed by atoms with Gasteiger partial charge in [0.1, 0.15) is 11.3 Å². The summed E-state index contributed by atoms with van der Waals surface area (Å²) in [6.45, 7) is 5.73. The minimum Gasteiger partial charge on any atom is -0.507 e. The van der Waals surface area contributed by atoms with Crippen LogP contribution in [0.2, 0.25) is 0 Å². The standard InChI is InChI=1S/C12H14N2O4/c1-7(2)6-13-12(18)14-8-3-4-10(15)9(5-8)11(16)17/h3-5,15H,1,6H2,2H3,(H,16,17)(H2,13,14,18). The van der Waals surface area contributed by atoms with E-state index in [9.17, 15) is 14.7 Å². The van der Waals surface area contributed by atoms with Crippen LogP contribution < -0.4 is 10.6 Å². The second-order valence-electron chi connectivity index (χ2n) is 3.80. The number of nitrogens with one attached hydrogen (secondary N) is 2. The third-order valence-corrected chi connectivity index (χ3v) is 2.04. The molecule has 0 aliphatic rings. The zero-order chi connectivity index (χ0) is 13.7. The molecule has 0 fully saturated rings. The molecule has 0 atom stereocenters. The number of urea groups is 1. The first-order valence-corrected chi connectivity index (χ1v) is 5.15. The molecule has 0 heterocycles. The van der Waals surface area contributed by atoms with Crippen LogP contribution in [0.5, 0.6) is 5.75 Å². The number of hydrogen-bond donors (Lipinski definition) is 4. The smallest absolute Gasteiger partial charge is 0.339 e. The third-order valence-electron chi connectivity index (χ3n) is 2.04. The van der Waals surface area contributed by atoms with E-state index in [4.69, 9.17) is 5.11 Å². The number of carboxylic acids is 1. The first-order chi connectivity index (χ1) is 8.40. The molecule has 0 aromatic heterocycles. The maximum Gasteiger partial charge on any atom is 0.339 e. The van der Waals surface area contributed by atoms with Crippen molar-refractivity contribution in [3.8, 4) is 5.75 Å². The predicted molar refractivity (Wildman–Crippen MR) is 66.9 cm³/mol. The lowest BCUT2D eigenvalue weighted by atomic mass is 10.2. The molecule has 4 N–H and O–H groups in total. The molecule has 2 amide bonds. The average molecular weight is 250 g/mol. The van der Waals surface area contributed by atoms with Crippen molar-refractivity contribution < 1.29 is 19.8 Å². The SMILES string of the molecule is C=C(C)CNC(=O)Nc1ccc(O)c(C(=O)O)c1. The number of hydrogen-bond acceptors (Lipinski definition) is 3. The average Bonchev–Trinajstić information content (AvgIpc) is 2.28. The second-order valence-corrected chi connectivity index (χ2v) is 3.80. The van der Waals surface area contributed by atoms with E-state index in [-0.39, 0.29) is 17.0 Å². The quantitative estimate of drug-likeness (QED) is 0.483. The predicted octanol–water partition coefficient (Wildman–Crippen LogP) is 1.79. The summed E-state index contributed by atoms with van der Waals surface area (Å²) in [4.78, 5) is 22.2. The molecule has 0 aliphatic heterocycles. The summed E-state index contributed by atoms with van der Waals surface area (Å²) in [5, 5.41) is 23.1. The largest absolute Gasteiger partial charge is 0.507 e. The number of benzene rings is 1. The number of aromatic carboxylic acids is 1. The summed E-state index contributed by atoms with van der Waals surface area (Å²) in [6.07, 6.45) is 0. The number of anilines is 1. The molecule has 0 aliphatic carbocycles. The number of carbonyl (C=O) groups is 2. The van der Waals surface area contributed by atoms with Crippen molar-refractivity contribution in [3.63, 3.8) is 0 Å². The highest BCUT2D eigenvalue weighted by Crippen LogP contribution is 2.21. The van der Waals surface area contributed by atoms with Crippen LogP contribution in [-0.4, -0.2) is 28.8 Å². The Morgan fingerprint density at radius 1 is 1.39 bits per heavy atom. The fourth-order valence-corrected chi connectivity index (χ4v) is 1.19. The molecule has 6 nitrogen and oxygen atoms in total.